The minimum atomic E-state index is -0.709. The van der Waals surface area contributed by atoms with Crippen LogP contribution in [0.2, 0.25) is 0 Å². The highest BCUT2D eigenvalue weighted by atomic mass is 32.1. The molecule has 0 aliphatic heterocycles. The van der Waals surface area contributed by atoms with E-state index in [2.05, 4.69) is 19.9 Å². The SMILES string of the molecule is Cc1cc(C)c(C(N)C2(C)CC2F)s1. The second kappa shape index (κ2) is 3.04. The minimum absolute atomic E-state index is 0.129. The van der Waals surface area contributed by atoms with Crippen LogP contribution in [-0.2, 0) is 0 Å². The van der Waals surface area contributed by atoms with Crippen molar-refractivity contribution in [3.8, 4) is 0 Å². The quantitative estimate of drug-likeness (QED) is 0.802. The van der Waals surface area contributed by atoms with E-state index >= 15 is 0 Å². The summed E-state index contributed by atoms with van der Waals surface area (Å²) in [5.74, 6) is 0. The number of halogens is 1. The second-order valence-corrected chi connectivity index (χ2v) is 5.85. The molecule has 3 unspecified atom stereocenters. The molecule has 78 valence electrons. The molecule has 1 aliphatic carbocycles. The van der Waals surface area contributed by atoms with Gasteiger partial charge in [-0.15, -0.1) is 11.3 Å². The smallest absolute Gasteiger partial charge is 0.108 e. The third-order valence-electron chi connectivity index (χ3n) is 3.25. The van der Waals surface area contributed by atoms with Gasteiger partial charge in [0.2, 0.25) is 0 Å². The summed E-state index contributed by atoms with van der Waals surface area (Å²) in [6.45, 7) is 6.06. The first-order valence-corrected chi connectivity index (χ1v) is 5.73. The van der Waals surface area contributed by atoms with Crippen molar-refractivity contribution >= 4 is 11.3 Å². The van der Waals surface area contributed by atoms with Crippen LogP contribution in [0.4, 0.5) is 4.39 Å². The van der Waals surface area contributed by atoms with Crippen LogP contribution < -0.4 is 5.73 Å². The number of thiophene rings is 1. The fourth-order valence-corrected chi connectivity index (χ4v) is 3.12. The van der Waals surface area contributed by atoms with Crippen LogP contribution in [0.3, 0.4) is 0 Å². The van der Waals surface area contributed by atoms with Crippen LogP contribution in [0.5, 0.6) is 0 Å². The zero-order valence-electron chi connectivity index (χ0n) is 8.80. The second-order valence-electron chi connectivity index (χ2n) is 4.56. The number of rotatable bonds is 2. The molecule has 1 aliphatic rings. The molecule has 1 fully saturated rings. The standard InChI is InChI=1S/C11H16FNS/c1-6-4-7(2)14-9(6)10(13)11(3)5-8(11)12/h4,8,10H,5,13H2,1-3H3. The summed E-state index contributed by atoms with van der Waals surface area (Å²) in [5, 5.41) is 0. The normalized spacial score (nSPS) is 33.1. The van der Waals surface area contributed by atoms with Gasteiger partial charge in [-0.25, -0.2) is 4.39 Å². The van der Waals surface area contributed by atoms with Crippen molar-refractivity contribution in [3.05, 3.63) is 21.4 Å². The van der Waals surface area contributed by atoms with Crippen LogP contribution in [0.25, 0.3) is 0 Å². The van der Waals surface area contributed by atoms with Gasteiger partial charge in [-0.05, 0) is 31.9 Å². The Bertz CT molecular complexity index is 360. The van der Waals surface area contributed by atoms with Gasteiger partial charge in [0.1, 0.15) is 6.17 Å². The summed E-state index contributed by atoms with van der Waals surface area (Å²) in [6, 6.07) is 2.00. The molecule has 1 heterocycles. The Morgan fingerprint density at radius 2 is 2.21 bits per heavy atom. The average molecular weight is 213 g/mol. The van der Waals surface area contributed by atoms with Crippen molar-refractivity contribution in [1.29, 1.82) is 0 Å². The lowest BCUT2D eigenvalue weighted by molar-refractivity contribution is 0.334. The Morgan fingerprint density at radius 3 is 2.57 bits per heavy atom. The lowest BCUT2D eigenvalue weighted by atomic mass is 9.96. The Morgan fingerprint density at radius 1 is 1.64 bits per heavy atom. The highest BCUT2D eigenvalue weighted by molar-refractivity contribution is 7.12. The van der Waals surface area contributed by atoms with Gasteiger partial charge in [0.15, 0.2) is 0 Å². The monoisotopic (exact) mass is 213 g/mol. The Kier molecular flexibility index (Phi) is 2.20. The van der Waals surface area contributed by atoms with Gasteiger partial charge >= 0.3 is 0 Å². The van der Waals surface area contributed by atoms with Crippen molar-refractivity contribution < 1.29 is 4.39 Å². The van der Waals surface area contributed by atoms with Crippen molar-refractivity contribution in [2.24, 2.45) is 11.1 Å². The lowest BCUT2D eigenvalue weighted by Crippen LogP contribution is -2.22. The highest BCUT2D eigenvalue weighted by Gasteiger charge is 2.56. The maximum Gasteiger partial charge on any atom is 0.108 e. The summed E-state index contributed by atoms with van der Waals surface area (Å²) in [6.07, 6.45) is -0.0933. The van der Waals surface area contributed by atoms with Gasteiger partial charge in [-0.2, -0.15) is 0 Å². The number of aryl methyl sites for hydroxylation is 2. The zero-order chi connectivity index (χ0) is 10.5. The summed E-state index contributed by atoms with van der Waals surface area (Å²) < 4.78 is 13.2. The predicted octanol–water partition coefficient (Wildman–Crippen LogP) is 3.11. The zero-order valence-corrected chi connectivity index (χ0v) is 9.62. The van der Waals surface area contributed by atoms with Crippen molar-refractivity contribution in [3.63, 3.8) is 0 Å². The van der Waals surface area contributed by atoms with E-state index in [1.165, 1.54) is 10.4 Å². The molecule has 0 saturated heterocycles. The largest absolute Gasteiger partial charge is 0.323 e. The van der Waals surface area contributed by atoms with E-state index in [0.717, 1.165) is 4.88 Å². The number of hydrogen-bond acceptors (Lipinski definition) is 2. The third kappa shape index (κ3) is 1.39. The fourth-order valence-electron chi connectivity index (χ4n) is 1.92. The Hall–Kier alpha value is -0.410. The maximum absolute atomic E-state index is 13.2. The van der Waals surface area contributed by atoms with Crippen molar-refractivity contribution in [2.75, 3.05) is 0 Å². The van der Waals surface area contributed by atoms with Crippen LogP contribution in [0.15, 0.2) is 6.07 Å². The van der Waals surface area contributed by atoms with E-state index in [4.69, 9.17) is 5.73 Å². The van der Waals surface area contributed by atoms with E-state index in [1.54, 1.807) is 11.3 Å². The van der Waals surface area contributed by atoms with Gasteiger partial charge < -0.3 is 5.73 Å². The van der Waals surface area contributed by atoms with Crippen molar-refractivity contribution in [2.45, 2.75) is 39.4 Å². The molecule has 0 aromatic carbocycles. The van der Waals surface area contributed by atoms with Crippen LogP contribution >= 0.6 is 11.3 Å². The molecule has 3 heteroatoms. The summed E-state index contributed by atoms with van der Waals surface area (Å²) in [5.41, 5.74) is 7.01. The average Bonchev–Trinajstić information content (AvgIpc) is 2.54. The van der Waals surface area contributed by atoms with Gasteiger partial charge in [-0.3, -0.25) is 0 Å². The molecule has 0 amide bonds. The van der Waals surface area contributed by atoms with Crippen LogP contribution in [0.1, 0.15) is 34.7 Å². The maximum atomic E-state index is 13.2. The first-order valence-electron chi connectivity index (χ1n) is 4.91. The first kappa shape index (κ1) is 10.1. The molecule has 3 atom stereocenters. The van der Waals surface area contributed by atoms with Crippen molar-refractivity contribution in [1.82, 2.24) is 0 Å². The summed E-state index contributed by atoms with van der Waals surface area (Å²) >= 11 is 1.70. The summed E-state index contributed by atoms with van der Waals surface area (Å²) in [7, 11) is 0. The highest BCUT2D eigenvalue weighted by Crippen LogP contribution is 2.56. The Labute approximate surface area is 88.1 Å². The molecule has 0 bridgehead atoms. The lowest BCUT2D eigenvalue weighted by Gasteiger charge is -2.18. The van der Waals surface area contributed by atoms with Crippen LogP contribution in [-0.4, -0.2) is 6.17 Å². The number of nitrogens with two attached hydrogens (primary N) is 1. The Balaban J connectivity index is 2.27. The van der Waals surface area contributed by atoms with E-state index in [9.17, 15) is 4.39 Å². The molecule has 0 spiro atoms. The predicted molar refractivity (Wildman–Crippen MR) is 58.3 cm³/mol. The van der Waals surface area contributed by atoms with Crippen LogP contribution in [0, 0.1) is 19.3 Å². The molecular formula is C11H16FNS. The summed E-state index contributed by atoms with van der Waals surface area (Å²) in [4.78, 5) is 2.41. The third-order valence-corrected chi connectivity index (χ3v) is 4.48. The first-order chi connectivity index (χ1) is 6.45. The van der Waals surface area contributed by atoms with E-state index in [-0.39, 0.29) is 11.5 Å². The van der Waals surface area contributed by atoms with E-state index < -0.39 is 6.17 Å². The van der Waals surface area contributed by atoms with Gasteiger partial charge in [0.05, 0.1) is 0 Å². The van der Waals surface area contributed by atoms with Gasteiger partial charge in [0, 0.05) is 21.2 Å². The number of hydrogen-bond donors (Lipinski definition) is 1. The molecule has 1 nitrogen and oxygen atoms in total. The molecule has 1 saturated carbocycles. The molecule has 14 heavy (non-hydrogen) atoms. The topological polar surface area (TPSA) is 26.0 Å². The number of alkyl halides is 1. The minimum Gasteiger partial charge on any atom is -0.323 e. The fraction of sp³-hybridized carbons (Fsp3) is 0.636. The molecule has 2 N–H and O–H groups in total. The van der Waals surface area contributed by atoms with E-state index in [1.807, 2.05) is 6.92 Å². The molecule has 1 aromatic rings. The van der Waals surface area contributed by atoms with E-state index in [0.29, 0.717) is 6.42 Å². The molecule has 0 radical (unpaired) electrons. The van der Waals surface area contributed by atoms with Gasteiger partial charge in [-0.1, -0.05) is 6.92 Å². The van der Waals surface area contributed by atoms with Gasteiger partial charge in [0.25, 0.3) is 0 Å². The molecular weight excluding hydrogens is 197 g/mol. The molecule has 2 rings (SSSR count). The molecule has 1 aromatic heterocycles.